The quantitative estimate of drug-likeness (QED) is 0.581. The van der Waals surface area contributed by atoms with Gasteiger partial charge in [-0.3, -0.25) is 14.5 Å². The maximum absolute atomic E-state index is 12.8. The summed E-state index contributed by atoms with van der Waals surface area (Å²) in [5.74, 6) is 1.14. The monoisotopic (exact) mass is 470 g/mol. The lowest BCUT2D eigenvalue weighted by molar-refractivity contribution is -0.137. The van der Waals surface area contributed by atoms with E-state index in [4.69, 9.17) is 0 Å². The Balaban J connectivity index is 1.05. The van der Waals surface area contributed by atoms with E-state index in [1.54, 1.807) is 0 Å². The van der Waals surface area contributed by atoms with Crippen LogP contribution in [-0.2, 0) is 15.8 Å². The van der Waals surface area contributed by atoms with Gasteiger partial charge in [-0.25, -0.2) is 0 Å². The van der Waals surface area contributed by atoms with Crippen LogP contribution in [0.5, 0.6) is 0 Å². The summed E-state index contributed by atoms with van der Waals surface area (Å²) in [6, 6.07) is 15.8. The number of piperidine rings is 1. The Bertz CT molecular complexity index is 1040. The molecule has 2 saturated carbocycles. The molecule has 0 bridgehead atoms. The van der Waals surface area contributed by atoms with Gasteiger partial charge in [0.2, 0.25) is 5.91 Å². The van der Waals surface area contributed by atoms with E-state index in [-0.39, 0.29) is 30.2 Å². The van der Waals surface area contributed by atoms with Gasteiger partial charge < -0.3 is 5.32 Å². The van der Waals surface area contributed by atoms with Crippen LogP contribution >= 0.6 is 0 Å². The average Bonchev–Trinajstić information content (AvgIpc) is 3.17. The Morgan fingerprint density at radius 2 is 1.68 bits per heavy atom. The Hall–Kier alpha value is -2.67. The van der Waals surface area contributed by atoms with Gasteiger partial charge in [0.25, 0.3) is 0 Å². The van der Waals surface area contributed by atoms with E-state index in [1.165, 1.54) is 37.0 Å². The first kappa shape index (κ1) is 23.1. The highest BCUT2D eigenvalue weighted by Gasteiger charge is 2.59. The van der Waals surface area contributed by atoms with Crippen LogP contribution in [0, 0.1) is 17.8 Å². The van der Waals surface area contributed by atoms with Crippen LogP contribution < -0.4 is 5.32 Å². The molecule has 3 aliphatic rings. The number of nitrogens with one attached hydrogen (secondary N) is 1. The van der Waals surface area contributed by atoms with Gasteiger partial charge in [-0.15, -0.1) is 0 Å². The molecule has 180 valence electrons. The number of likely N-dealkylation sites (tertiary alicyclic amines) is 1. The third kappa shape index (κ3) is 4.90. The van der Waals surface area contributed by atoms with Crippen LogP contribution in [0.15, 0.2) is 54.6 Å². The molecule has 1 heterocycles. The molecule has 34 heavy (non-hydrogen) atoms. The zero-order valence-corrected chi connectivity index (χ0v) is 18.9. The molecule has 1 amide bonds. The first-order valence-electron chi connectivity index (χ1n) is 12.1. The maximum atomic E-state index is 12.8. The summed E-state index contributed by atoms with van der Waals surface area (Å²) in [6.45, 7) is 1.92. The Labute approximate surface area is 197 Å². The third-order valence-corrected chi connectivity index (χ3v) is 7.86. The number of hydrogen-bond acceptors (Lipinski definition) is 3. The number of halogens is 3. The van der Waals surface area contributed by atoms with E-state index < -0.39 is 17.6 Å². The van der Waals surface area contributed by atoms with Crippen molar-refractivity contribution in [3.05, 3.63) is 65.7 Å². The molecule has 5 rings (SSSR count). The van der Waals surface area contributed by atoms with Crippen molar-refractivity contribution in [2.24, 2.45) is 17.8 Å². The maximum Gasteiger partial charge on any atom is 0.416 e. The largest absolute Gasteiger partial charge is 0.416 e. The molecule has 7 heteroatoms. The molecule has 1 aliphatic heterocycles. The minimum Gasteiger partial charge on any atom is -0.326 e. The molecule has 1 saturated heterocycles. The summed E-state index contributed by atoms with van der Waals surface area (Å²) < 4.78 is 38.5. The number of ketones is 1. The summed E-state index contributed by atoms with van der Waals surface area (Å²) in [5.41, 5.74) is 0.705. The number of fused-ring (bicyclic) bond motifs is 1. The van der Waals surface area contributed by atoms with Crippen molar-refractivity contribution in [2.45, 2.75) is 50.2 Å². The number of nitrogens with zero attached hydrogens (tertiary/aromatic N) is 1. The number of anilines is 1. The second kappa shape index (κ2) is 9.17. The normalized spacial score (nSPS) is 28.5. The third-order valence-electron chi connectivity index (χ3n) is 7.86. The van der Waals surface area contributed by atoms with Gasteiger partial charge in [0, 0.05) is 43.6 Å². The second-order valence-corrected chi connectivity index (χ2v) is 9.97. The molecule has 4 nitrogen and oxygen atoms in total. The molecule has 0 aromatic heterocycles. The molecule has 2 aromatic rings. The SMILES string of the molecule is O=C(CCC(=O)C1[C@H]2CN(C3CC[C@H](c4ccccc4)C3)C[C@@H]12)Nc1cccc(C(F)(F)F)c1. The number of carbonyl (C=O) groups excluding carboxylic acids is 2. The molecule has 5 atom stereocenters. The predicted molar refractivity (Wildman–Crippen MR) is 123 cm³/mol. The Morgan fingerprint density at radius 1 is 0.941 bits per heavy atom. The molecule has 1 N–H and O–H groups in total. The number of hydrogen-bond donors (Lipinski definition) is 1. The minimum atomic E-state index is -4.46. The highest BCUT2D eigenvalue weighted by Crippen LogP contribution is 2.54. The predicted octanol–water partition coefficient (Wildman–Crippen LogP) is 5.51. The standard InChI is InChI=1S/C27H29F3N2O2/c28-27(29,30)19-7-4-8-20(14-19)31-25(34)12-11-24(33)26-22-15-32(16-23(22)26)21-10-9-18(13-21)17-5-2-1-3-6-17/h1-8,14,18,21-23,26H,9-13,15-16H2,(H,31,34)/t18-,21?,22-,23+,26?/m0/s1. The fourth-order valence-corrected chi connectivity index (χ4v) is 6.05. The molecule has 2 aliphatic carbocycles. The molecule has 0 spiro atoms. The highest BCUT2D eigenvalue weighted by molar-refractivity contribution is 5.94. The number of alkyl halides is 3. The Morgan fingerprint density at radius 3 is 2.38 bits per heavy atom. The fraction of sp³-hybridized carbons (Fsp3) is 0.481. The molecule has 0 radical (unpaired) electrons. The second-order valence-electron chi connectivity index (χ2n) is 9.97. The van der Waals surface area contributed by atoms with Crippen molar-refractivity contribution in [3.63, 3.8) is 0 Å². The molecule has 2 aromatic carbocycles. The van der Waals surface area contributed by atoms with Crippen LogP contribution in [0.25, 0.3) is 0 Å². The summed E-state index contributed by atoms with van der Waals surface area (Å²) in [4.78, 5) is 27.4. The lowest BCUT2D eigenvalue weighted by Crippen LogP contribution is -2.34. The molecular weight excluding hydrogens is 441 g/mol. The first-order chi connectivity index (χ1) is 16.3. The van der Waals surface area contributed by atoms with Gasteiger partial charge in [-0.05, 0) is 60.8 Å². The van der Waals surface area contributed by atoms with Crippen molar-refractivity contribution in [2.75, 3.05) is 18.4 Å². The van der Waals surface area contributed by atoms with Crippen molar-refractivity contribution < 1.29 is 22.8 Å². The van der Waals surface area contributed by atoms with Crippen LogP contribution in [0.4, 0.5) is 18.9 Å². The van der Waals surface area contributed by atoms with E-state index in [0.29, 0.717) is 23.8 Å². The smallest absolute Gasteiger partial charge is 0.326 e. The van der Waals surface area contributed by atoms with Gasteiger partial charge in [0.05, 0.1) is 5.56 Å². The molecular formula is C27H29F3N2O2. The van der Waals surface area contributed by atoms with Gasteiger partial charge >= 0.3 is 6.18 Å². The van der Waals surface area contributed by atoms with Gasteiger partial charge in [0.1, 0.15) is 5.78 Å². The highest BCUT2D eigenvalue weighted by atomic mass is 19.4. The molecule has 3 fully saturated rings. The number of carbonyl (C=O) groups is 2. The summed E-state index contributed by atoms with van der Waals surface area (Å²) >= 11 is 0. The summed E-state index contributed by atoms with van der Waals surface area (Å²) in [6.07, 6.45) is -0.734. The topological polar surface area (TPSA) is 49.4 Å². The van der Waals surface area contributed by atoms with E-state index in [0.717, 1.165) is 25.2 Å². The summed E-state index contributed by atoms with van der Waals surface area (Å²) in [7, 11) is 0. The van der Waals surface area contributed by atoms with Crippen LogP contribution in [0.2, 0.25) is 0 Å². The van der Waals surface area contributed by atoms with Gasteiger partial charge in [0.15, 0.2) is 0 Å². The number of amides is 1. The lowest BCUT2D eigenvalue weighted by atomic mass is 9.97. The van der Waals surface area contributed by atoms with Crippen molar-refractivity contribution in [3.8, 4) is 0 Å². The summed E-state index contributed by atoms with van der Waals surface area (Å²) in [5, 5.41) is 2.48. The fourth-order valence-electron chi connectivity index (χ4n) is 6.05. The van der Waals surface area contributed by atoms with Crippen LogP contribution in [0.3, 0.4) is 0 Å². The van der Waals surface area contributed by atoms with Crippen molar-refractivity contribution in [1.29, 1.82) is 0 Å². The lowest BCUT2D eigenvalue weighted by Gasteiger charge is -2.26. The minimum absolute atomic E-state index is 0.00386. The van der Waals surface area contributed by atoms with E-state index in [2.05, 4.69) is 40.5 Å². The van der Waals surface area contributed by atoms with E-state index >= 15 is 0 Å². The number of rotatable bonds is 7. The first-order valence-corrected chi connectivity index (χ1v) is 12.1. The van der Waals surface area contributed by atoms with E-state index in [1.807, 2.05) is 0 Å². The van der Waals surface area contributed by atoms with Gasteiger partial charge in [-0.1, -0.05) is 36.4 Å². The number of benzene rings is 2. The van der Waals surface area contributed by atoms with Crippen LogP contribution in [0.1, 0.15) is 49.1 Å². The zero-order valence-electron chi connectivity index (χ0n) is 18.9. The Kier molecular flexibility index (Phi) is 6.23. The van der Waals surface area contributed by atoms with Crippen molar-refractivity contribution >= 4 is 17.4 Å². The number of Topliss-reactive ketones (excluding diaryl/α,β-unsaturated/α-hetero) is 1. The zero-order chi connectivity index (χ0) is 23.9. The van der Waals surface area contributed by atoms with Crippen LogP contribution in [-0.4, -0.2) is 35.7 Å². The van der Waals surface area contributed by atoms with Gasteiger partial charge in [-0.2, -0.15) is 13.2 Å². The average molecular weight is 471 g/mol. The van der Waals surface area contributed by atoms with Crippen molar-refractivity contribution in [1.82, 2.24) is 4.90 Å². The van der Waals surface area contributed by atoms with E-state index in [9.17, 15) is 22.8 Å². The molecule has 2 unspecified atom stereocenters.